The minimum atomic E-state index is -0.112. The van der Waals surface area contributed by atoms with Crippen LogP contribution in [-0.4, -0.2) is 24.2 Å². The largest absolute Gasteiger partial charge is 0.396 e. The van der Waals surface area contributed by atoms with E-state index in [1.165, 1.54) is 5.56 Å². The van der Waals surface area contributed by atoms with Gasteiger partial charge in [0, 0.05) is 13.0 Å². The molecule has 94 valence electrons. The van der Waals surface area contributed by atoms with E-state index in [0.29, 0.717) is 19.4 Å². The predicted molar refractivity (Wildman–Crippen MR) is 65.2 cm³/mol. The Morgan fingerprint density at radius 3 is 2.71 bits per heavy atom. The van der Waals surface area contributed by atoms with Crippen molar-refractivity contribution >= 4 is 5.91 Å². The molecule has 0 fully saturated rings. The van der Waals surface area contributed by atoms with Crippen molar-refractivity contribution in [2.45, 2.75) is 25.7 Å². The van der Waals surface area contributed by atoms with E-state index in [1.54, 1.807) is 0 Å². The third-order valence-corrected chi connectivity index (χ3v) is 2.30. The van der Waals surface area contributed by atoms with Gasteiger partial charge in [0.15, 0.2) is 0 Å². The van der Waals surface area contributed by atoms with Crippen LogP contribution in [0.3, 0.4) is 0 Å². The normalized spacial score (nSPS) is 10.2. The summed E-state index contributed by atoms with van der Waals surface area (Å²) < 4.78 is 0. The van der Waals surface area contributed by atoms with Crippen LogP contribution in [0.5, 0.6) is 0 Å². The monoisotopic (exact) mass is 237 g/mol. The molecule has 4 heteroatoms. The Morgan fingerprint density at radius 1 is 1.24 bits per heavy atom. The van der Waals surface area contributed by atoms with Gasteiger partial charge in [0.2, 0.25) is 5.91 Å². The van der Waals surface area contributed by atoms with E-state index in [9.17, 15) is 4.79 Å². The Bertz CT molecular complexity index is 314. The van der Waals surface area contributed by atoms with Crippen LogP contribution in [0, 0.1) is 0 Å². The standard InChI is InChI=1S/C13H19NO3/c15-10-5-11-17-14-13(16)9-4-8-12-6-2-1-3-7-12/h1-3,6-7,15H,4-5,8-11H2,(H,14,16). The van der Waals surface area contributed by atoms with Gasteiger partial charge in [-0.15, -0.1) is 0 Å². The summed E-state index contributed by atoms with van der Waals surface area (Å²) in [6.45, 7) is 0.421. The molecule has 4 nitrogen and oxygen atoms in total. The third kappa shape index (κ3) is 6.71. The molecule has 1 aromatic rings. The van der Waals surface area contributed by atoms with Gasteiger partial charge in [0.25, 0.3) is 0 Å². The molecule has 0 spiro atoms. The average Bonchev–Trinajstić information content (AvgIpc) is 2.36. The lowest BCUT2D eigenvalue weighted by atomic mass is 10.1. The van der Waals surface area contributed by atoms with E-state index in [0.717, 1.165) is 12.8 Å². The fourth-order valence-electron chi connectivity index (χ4n) is 1.42. The molecule has 2 N–H and O–H groups in total. The molecular formula is C13H19NO3. The van der Waals surface area contributed by atoms with Crippen LogP contribution < -0.4 is 5.48 Å². The van der Waals surface area contributed by atoms with Gasteiger partial charge in [-0.2, -0.15) is 0 Å². The first-order valence-electron chi connectivity index (χ1n) is 5.88. The summed E-state index contributed by atoms with van der Waals surface area (Å²) in [5.41, 5.74) is 3.59. The molecule has 0 bridgehead atoms. The lowest BCUT2D eigenvalue weighted by molar-refractivity contribution is -0.133. The minimum Gasteiger partial charge on any atom is -0.396 e. The Morgan fingerprint density at radius 2 is 2.00 bits per heavy atom. The van der Waals surface area contributed by atoms with E-state index in [1.807, 2.05) is 18.2 Å². The molecule has 0 saturated heterocycles. The molecule has 0 saturated carbocycles. The lowest BCUT2D eigenvalue weighted by Gasteiger charge is -2.05. The topological polar surface area (TPSA) is 58.6 Å². The van der Waals surface area contributed by atoms with Crippen molar-refractivity contribution < 1.29 is 14.7 Å². The smallest absolute Gasteiger partial charge is 0.243 e. The summed E-state index contributed by atoms with van der Waals surface area (Å²) in [7, 11) is 0. The van der Waals surface area contributed by atoms with Crippen molar-refractivity contribution in [3.63, 3.8) is 0 Å². The number of aliphatic hydroxyl groups excluding tert-OH is 1. The number of amides is 1. The molecule has 0 aliphatic heterocycles. The first-order chi connectivity index (χ1) is 8.33. The zero-order valence-electron chi connectivity index (χ0n) is 9.89. The van der Waals surface area contributed by atoms with E-state index >= 15 is 0 Å². The number of hydrogen-bond donors (Lipinski definition) is 2. The Hall–Kier alpha value is -1.39. The van der Waals surface area contributed by atoms with Crippen molar-refractivity contribution in [1.29, 1.82) is 0 Å². The molecule has 0 unspecified atom stereocenters. The summed E-state index contributed by atoms with van der Waals surface area (Å²) in [6, 6.07) is 10.1. The van der Waals surface area contributed by atoms with Gasteiger partial charge >= 0.3 is 0 Å². The summed E-state index contributed by atoms with van der Waals surface area (Å²) in [5.74, 6) is -0.112. The number of aliphatic hydroxyl groups is 1. The Balaban J connectivity index is 2.04. The third-order valence-electron chi connectivity index (χ3n) is 2.30. The molecule has 0 atom stereocenters. The number of hydrogen-bond acceptors (Lipinski definition) is 3. The van der Waals surface area contributed by atoms with Crippen molar-refractivity contribution in [1.82, 2.24) is 5.48 Å². The summed E-state index contributed by atoms with van der Waals surface area (Å²) in [6.07, 6.45) is 2.68. The number of carbonyl (C=O) groups excluding carboxylic acids is 1. The quantitative estimate of drug-likeness (QED) is 0.531. The van der Waals surface area contributed by atoms with Gasteiger partial charge in [-0.05, 0) is 24.8 Å². The molecule has 17 heavy (non-hydrogen) atoms. The molecular weight excluding hydrogens is 218 g/mol. The van der Waals surface area contributed by atoms with Crippen molar-refractivity contribution in [3.05, 3.63) is 35.9 Å². The molecule has 0 aromatic heterocycles. The molecule has 0 aliphatic carbocycles. The molecule has 1 aromatic carbocycles. The van der Waals surface area contributed by atoms with Gasteiger partial charge in [-0.1, -0.05) is 30.3 Å². The second-order valence-electron chi connectivity index (χ2n) is 3.79. The van der Waals surface area contributed by atoms with E-state index < -0.39 is 0 Å². The van der Waals surface area contributed by atoms with E-state index in [2.05, 4.69) is 17.6 Å². The number of rotatable bonds is 8. The maximum absolute atomic E-state index is 11.3. The van der Waals surface area contributed by atoms with Crippen LogP contribution in [0.2, 0.25) is 0 Å². The molecule has 1 rings (SSSR count). The number of hydroxylamine groups is 1. The van der Waals surface area contributed by atoms with Gasteiger partial charge in [0.1, 0.15) is 0 Å². The highest BCUT2D eigenvalue weighted by Crippen LogP contribution is 2.04. The zero-order valence-corrected chi connectivity index (χ0v) is 9.89. The highest BCUT2D eigenvalue weighted by Gasteiger charge is 2.01. The summed E-state index contributed by atoms with van der Waals surface area (Å²) >= 11 is 0. The molecule has 0 heterocycles. The van der Waals surface area contributed by atoms with Crippen LogP contribution in [0.15, 0.2) is 30.3 Å². The van der Waals surface area contributed by atoms with Crippen molar-refractivity contribution in [2.24, 2.45) is 0 Å². The maximum Gasteiger partial charge on any atom is 0.243 e. The zero-order chi connectivity index (χ0) is 12.3. The van der Waals surface area contributed by atoms with Crippen LogP contribution in [0.4, 0.5) is 0 Å². The Labute approximate surface area is 102 Å². The highest BCUT2D eigenvalue weighted by molar-refractivity contribution is 5.74. The number of nitrogens with one attached hydrogen (secondary N) is 1. The SMILES string of the molecule is O=C(CCCc1ccccc1)NOCCCO. The fraction of sp³-hybridized carbons (Fsp3) is 0.462. The molecule has 0 radical (unpaired) electrons. The summed E-state index contributed by atoms with van der Waals surface area (Å²) in [4.78, 5) is 16.2. The van der Waals surface area contributed by atoms with Crippen LogP contribution in [0.1, 0.15) is 24.8 Å². The van der Waals surface area contributed by atoms with Gasteiger partial charge in [-0.3, -0.25) is 9.63 Å². The number of benzene rings is 1. The molecule has 0 aliphatic rings. The highest BCUT2D eigenvalue weighted by atomic mass is 16.6. The maximum atomic E-state index is 11.3. The minimum absolute atomic E-state index is 0.0733. The van der Waals surface area contributed by atoms with Crippen molar-refractivity contribution in [3.8, 4) is 0 Å². The Kier molecular flexibility index (Phi) is 7.02. The first-order valence-corrected chi connectivity index (χ1v) is 5.88. The van der Waals surface area contributed by atoms with Gasteiger partial charge < -0.3 is 5.11 Å². The number of aryl methyl sites for hydroxylation is 1. The predicted octanol–water partition coefficient (Wildman–Crippen LogP) is 1.44. The van der Waals surface area contributed by atoms with Crippen LogP contribution >= 0.6 is 0 Å². The average molecular weight is 237 g/mol. The summed E-state index contributed by atoms with van der Waals surface area (Å²) in [5, 5.41) is 8.51. The van der Waals surface area contributed by atoms with Crippen LogP contribution in [0.25, 0.3) is 0 Å². The second-order valence-corrected chi connectivity index (χ2v) is 3.79. The first kappa shape index (κ1) is 13.7. The number of carbonyl (C=O) groups is 1. The van der Waals surface area contributed by atoms with Gasteiger partial charge in [0.05, 0.1) is 6.61 Å². The fourth-order valence-corrected chi connectivity index (χ4v) is 1.42. The van der Waals surface area contributed by atoms with Crippen molar-refractivity contribution in [2.75, 3.05) is 13.2 Å². The van der Waals surface area contributed by atoms with Crippen LogP contribution in [-0.2, 0) is 16.1 Å². The van der Waals surface area contributed by atoms with Gasteiger partial charge in [-0.25, -0.2) is 5.48 Å². The molecule has 1 amide bonds. The lowest BCUT2D eigenvalue weighted by Crippen LogP contribution is -2.24. The van der Waals surface area contributed by atoms with E-state index in [4.69, 9.17) is 9.94 Å². The van der Waals surface area contributed by atoms with E-state index in [-0.39, 0.29) is 12.5 Å². The second kappa shape index (κ2) is 8.73.